The first kappa shape index (κ1) is 27.3. The van der Waals surface area contributed by atoms with Crippen LogP contribution in [0.25, 0.3) is 21.0 Å². The third-order valence-corrected chi connectivity index (χ3v) is 8.30. The van der Waals surface area contributed by atoms with Gasteiger partial charge in [0.25, 0.3) is 5.91 Å². The lowest BCUT2D eigenvalue weighted by Crippen LogP contribution is -2.44. The summed E-state index contributed by atoms with van der Waals surface area (Å²) in [5, 5.41) is 2.59. The molecule has 11 heteroatoms. The van der Waals surface area contributed by atoms with E-state index in [2.05, 4.69) is 9.88 Å². The number of fused-ring (bicyclic) bond motifs is 2. The maximum absolute atomic E-state index is 13.4. The van der Waals surface area contributed by atoms with Gasteiger partial charge in [0, 0.05) is 32.4 Å². The quantitative estimate of drug-likeness (QED) is 0.321. The highest BCUT2D eigenvalue weighted by molar-refractivity contribution is 7.91. The number of thiazole rings is 1. The van der Waals surface area contributed by atoms with Crippen LogP contribution in [0.1, 0.15) is 0 Å². The maximum atomic E-state index is 13.4. The Morgan fingerprint density at radius 1 is 1.08 bits per heavy atom. The monoisotopic (exact) mass is 561 g/mol. The van der Waals surface area contributed by atoms with Crippen LogP contribution in [0.15, 0.2) is 65.6 Å². The number of amides is 1. The summed E-state index contributed by atoms with van der Waals surface area (Å²) in [4.78, 5) is 22.0. The number of carbonyl (C=O) groups is 1. The molecule has 0 radical (unpaired) electrons. The van der Waals surface area contributed by atoms with Crippen LogP contribution in [0, 0.1) is 0 Å². The Morgan fingerprint density at radius 2 is 1.84 bits per heavy atom. The number of para-hydroxylation sites is 1. The Labute approximate surface area is 226 Å². The number of ether oxygens (including phenoxy) is 2. The van der Waals surface area contributed by atoms with Gasteiger partial charge in [-0.05, 0) is 35.0 Å². The number of hydrogen-bond donors (Lipinski definition) is 0. The summed E-state index contributed by atoms with van der Waals surface area (Å²) in [6.07, 6.45) is 1.17. The van der Waals surface area contributed by atoms with Gasteiger partial charge in [0.15, 0.2) is 21.6 Å². The summed E-state index contributed by atoms with van der Waals surface area (Å²) in [5.74, 6) is 0.371. The Kier molecular flexibility index (Phi) is 8.66. The molecule has 8 nitrogen and oxygen atoms in total. The van der Waals surface area contributed by atoms with Gasteiger partial charge in [-0.3, -0.25) is 14.6 Å². The summed E-state index contributed by atoms with van der Waals surface area (Å²) in [7, 11) is -3.46. The van der Waals surface area contributed by atoms with E-state index in [1.807, 2.05) is 48.5 Å². The molecule has 1 aliphatic heterocycles. The number of halogens is 1. The van der Waals surface area contributed by atoms with E-state index in [1.165, 1.54) is 17.6 Å². The minimum absolute atomic E-state index is 0. The molecule has 0 atom stereocenters. The molecule has 0 unspecified atom stereocenters. The van der Waals surface area contributed by atoms with Crippen molar-refractivity contribution in [3.05, 3.63) is 60.7 Å². The molecule has 3 aromatic carbocycles. The largest absolute Gasteiger partial charge is 0.484 e. The number of morpholine rings is 1. The van der Waals surface area contributed by atoms with Gasteiger partial charge in [-0.1, -0.05) is 47.7 Å². The molecule has 0 bridgehead atoms. The van der Waals surface area contributed by atoms with E-state index in [4.69, 9.17) is 9.47 Å². The first-order valence-electron chi connectivity index (χ1n) is 11.7. The third kappa shape index (κ3) is 6.39. The van der Waals surface area contributed by atoms with Crippen LogP contribution < -0.4 is 9.64 Å². The molecule has 4 aromatic rings. The minimum Gasteiger partial charge on any atom is -0.484 e. The lowest BCUT2D eigenvalue weighted by molar-refractivity contribution is -0.120. The van der Waals surface area contributed by atoms with Gasteiger partial charge in [-0.2, -0.15) is 0 Å². The number of rotatable bonds is 8. The van der Waals surface area contributed by atoms with Crippen molar-refractivity contribution in [1.82, 2.24) is 9.88 Å². The van der Waals surface area contributed by atoms with Gasteiger partial charge in [-0.15, -0.1) is 12.4 Å². The second-order valence-corrected chi connectivity index (χ2v) is 11.7. The van der Waals surface area contributed by atoms with E-state index in [9.17, 15) is 13.2 Å². The van der Waals surface area contributed by atoms with Gasteiger partial charge in [-0.25, -0.2) is 13.4 Å². The lowest BCUT2D eigenvalue weighted by atomic mass is 10.1. The zero-order chi connectivity index (χ0) is 25.1. The van der Waals surface area contributed by atoms with Crippen molar-refractivity contribution < 1.29 is 22.7 Å². The summed E-state index contributed by atoms with van der Waals surface area (Å²) in [6, 6.07) is 18.8. The van der Waals surface area contributed by atoms with Crippen LogP contribution in [-0.4, -0.2) is 76.5 Å². The first-order chi connectivity index (χ1) is 17.4. The predicted molar refractivity (Wildman–Crippen MR) is 149 cm³/mol. The Hall–Kier alpha value is -2.76. The molecular weight excluding hydrogens is 534 g/mol. The van der Waals surface area contributed by atoms with Crippen molar-refractivity contribution >= 4 is 65.6 Å². The van der Waals surface area contributed by atoms with Crippen molar-refractivity contribution in [2.45, 2.75) is 4.90 Å². The van der Waals surface area contributed by atoms with E-state index >= 15 is 0 Å². The molecule has 5 rings (SSSR count). The van der Waals surface area contributed by atoms with Gasteiger partial charge in [0.2, 0.25) is 0 Å². The fraction of sp³-hybridized carbons (Fsp3) is 0.308. The molecule has 196 valence electrons. The fourth-order valence-electron chi connectivity index (χ4n) is 4.20. The van der Waals surface area contributed by atoms with Gasteiger partial charge in [0.1, 0.15) is 11.3 Å². The normalized spacial score (nSPS) is 14.4. The SMILES string of the molecule is CS(=O)(=O)c1cccc2sc(N(CCN3CCOCC3)C(=O)COc3ccc4ccccc4c3)nc12.Cl. The number of aromatic nitrogens is 1. The average Bonchev–Trinajstić information content (AvgIpc) is 3.31. The fourth-order valence-corrected chi connectivity index (χ4v) is 6.13. The zero-order valence-electron chi connectivity index (χ0n) is 20.3. The van der Waals surface area contributed by atoms with E-state index in [0.717, 1.165) is 23.9 Å². The van der Waals surface area contributed by atoms with E-state index in [1.54, 1.807) is 17.0 Å². The highest BCUT2D eigenvalue weighted by atomic mass is 35.5. The number of hydrogen-bond acceptors (Lipinski definition) is 8. The molecule has 37 heavy (non-hydrogen) atoms. The van der Waals surface area contributed by atoms with Crippen LogP contribution in [0.4, 0.5) is 5.13 Å². The van der Waals surface area contributed by atoms with E-state index in [0.29, 0.717) is 47.4 Å². The Bertz CT molecular complexity index is 1500. The first-order valence-corrected chi connectivity index (χ1v) is 14.4. The van der Waals surface area contributed by atoms with Crippen LogP contribution in [0.5, 0.6) is 5.75 Å². The smallest absolute Gasteiger partial charge is 0.266 e. The molecule has 1 aliphatic rings. The van der Waals surface area contributed by atoms with Crippen molar-refractivity contribution in [2.24, 2.45) is 0 Å². The average molecular weight is 562 g/mol. The van der Waals surface area contributed by atoms with Crippen molar-refractivity contribution in [1.29, 1.82) is 0 Å². The highest BCUT2D eigenvalue weighted by Gasteiger charge is 2.24. The molecule has 1 fully saturated rings. The van der Waals surface area contributed by atoms with Crippen LogP contribution >= 0.6 is 23.7 Å². The summed E-state index contributed by atoms with van der Waals surface area (Å²) in [6.45, 7) is 3.83. The predicted octanol–water partition coefficient (Wildman–Crippen LogP) is 4.02. The van der Waals surface area contributed by atoms with E-state index < -0.39 is 9.84 Å². The number of nitrogens with zero attached hydrogens (tertiary/aromatic N) is 3. The highest BCUT2D eigenvalue weighted by Crippen LogP contribution is 2.33. The minimum atomic E-state index is -3.46. The van der Waals surface area contributed by atoms with Crippen LogP contribution in [-0.2, 0) is 19.4 Å². The van der Waals surface area contributed by atoms with Crippen LogP contribution in [0.3, 0.4) is 0 Å². The molecule has 0 spiro atoms. The maximum Gasteiger partial charge on any atom is 0.266 e. The number of benzene rings is 3. The second-order valence-electron chi connectivity index (χ2n) is 8.67. The molecule has 0 aliphatic carbocycles. The number of carbonyl (C=O) groups excluding carboxylic acids is 1. The number of anilines is 1. The summed E-state index contributed by atoms with van der Waals surface area (Å²) in [5.41, 5.74) is 0.389. The lowest BCUT2D eigenvalue weighted by Gasteiger charge is -2.29. The Morgan fingerprint density at radius 3 is 2.59 bits per heavy atom. The summed E-state index contributed by atoms with van der Waals surface area (Å²) < 4.78 is 36.6. The molecule has 0 N–H and O–H groups in total. The standard InChI is InChI=1S/C26H27N3O5S2.ClH/c1-36(31,32)23-8-4-7-22-25(23)27-26(35-22)29(12-11-28-13-15-33-16-14-28)24(30)18-34-21-10-9-19-5-2-3-6-20(19)17-21;/h2-10,17H,11-16,18H2,1H3;1H. The molecule has 2 heterocycles. The summed E-state index contributed by atoms with van der Waals surface area (Å²) >= 11 is 1.30. The molecule has 1 saturated heterocycles. The topological polar surface area (TPSA) is 89.0 Å². The molecule has 1 aromatic heterocycles. The zero-order valence-corrected chi connectivity index (χ0v) is 22.8. The number of sulfone groups is 1. The van der Waals surface area contributed by atoms with Crippen molar-refractivity contribution in [3.63, 3.8) is 0 Å². The molecule has 1 amide bonds. The van der Waals surface area contributed by atoms with Gasteiger partial charge >= 0.3 is 0 Å². The van der Waals surface area contributed by atoms with E-state index in [-0.39, 0.29) is 29.8 Å². The third-order valence-electron chi connectivity index (χ3n) is 6.13. The Balaban J connectivity index is 0.00000320. The van der Waals surface area contributed by atoms with Crippen molar-refractivity contribution in [3.8, 4) is 5.75 Å². The second kappa shape index (κ2) is 11.7. The van der Waals surface area contributed by atoms with Gasteiger partial charge < -0.3 is 9.47 Å². The van der Waals surface area contributed by atoms with Crippen LogP contribution in [0.2, 0.25) is 0 Å². The van der Waals surface area contributed by atoms with Crippen molar-refractivity contribution in [2.75, 3.05) is 57.2 Å². The van der Waals surface area contributed by atoms with Gasteiger partial charge in [0.05, 0.1) is 22.8 Å². The molecule has 0 saturated carbocycles. The molecular formula is C26H28ClN3O5S2.